The molecule has 0 atom stereocenters. The summed E-state index contributed by atoms with van der Waals surface area (Å²) in [5, 5.41) is 18.1. The van der Waals surface area contributed by atoms with Gasteiger partial charge in [0.15, 0.2) is 5.82 Å². The highest BCUT2D eigenvalue weighted by atomic mass is 16.1. The Morgan fingerprint density at radius 2 is 2.33 bits per heavy atom. The molecule has 0 spiro atoms. The fraction of sp³-hybridized carbons (Fsp3) is 0.0833. The molecule has 2 rings (SSSR count). The maximum atomic E-state index is 11.1. The van der Waals surface area contributed by atoms with Gasteiger partial charge in [-0.3, -0.25) is 9.89 Å². The van der Waals surface area contributed by atoms with Crippen molar-refractivity contribution in [2.24, 2.45) is 5.73 Å². The van der Waals surface area contributed by atoms with Crippen molar-refractivity contribution in [1.82, 2.24) is 10.2 Å². The predicted molar refractivity (Wildman–Crippen MR) is 66.4 cm³/mol. The van der Waals surface area contributed by atoms with E-state index in [9.17, 15) is 4.79 Å². The normalized spacial score (nSPS) is 9.78. The molecular formula is C12H11N5O. The first kappa shape index (κ1) is 11.8. The summed E-state index contributed by atoms with van der Waals surface area (Å²) in [6.07, 6.45) is 0. The van der Waals surface area contributed by atoms with Gasteiger partial charge in [-0.2, -0.15) is 10.4 Å². The fourth-order valence-electron chi connectivity index (χ4n) is 1.48. The standard InChI is InChI=1S/C12H11N5O/c13-6-8-2-1-3-9(4-8)10-5-11(17-16-10)15-12(18)7-14/h1-5H,7,14H2,(H2,15,16,17,18). The lowest BCUT2D eigenvalue weighted by Crippen LogP contribution is -2.21. The number of nitrogens with two attached hydrogens (primary N) is 1. The van der Waals surface area contributed by atoms with Crippen LogP contribution in [0, 0.1) is 11.3 Å². The number of hydrogen-bond acceptors (Lipinski definition) is 4. The van der Waals surface area contributed by atoms with Crippen LogP contribution in [0.1, 0.15) is 5.56 Å². The van der Waals surface area contributed by atoms with E-state index in [1.54, 1.807) is 24.3 Å². The van der Waals surface area contributed by atoms with Gasteiger partial charge in [0.05, 0.1) is 23.9 Å². The van der Waals surface area contributed by atoms with Crippen LogP contribution in [0.5, 0.6) is 0 Å². The van der Waals surface area contributed by atoms with Crippen LogP contribution in [-0.2, 0) is 4.79 Å². The number of anilines is 1. The van der Waals surface area contributed by atoms with Gasteiger partial charge in [-0.1, -0.05) is 12.1 Å². The molecule has 2 aromatic rings. The second kappa shape index (κ2) is 5.12. The molecule has 90 valence electrons. The van der Waals surface area contributed by atoms with Gasteiger partial charge in [-0.05, 0) is 12.1 Å². The van der Waals surface area contributed by atoms with Crippen molar-refractivity contribution in [3.05, 3.63) is 35.9 Å². The molecular weight excluding hydrogens is 230 g/mol. The minimum absolute atomic E-state index is 0.0912. The molecule has 0 fully saturated rings. The number of hydrogen-bond donors (Lipinski definition) is 3. The number of rotatable bonds is 3. The van der Waals surface area contributed by atoms with Gasteiger partial charge in [0.2, 0.25) is 5.91 Å². The SMILES string of the molecule is N#Cc1cccc(-c2cc(NC(=O)CN)n[nH]2)c1. The van der Waals surface area contributed by atoms with Crippen molar-refractivity contribution in [3.63, 3.8) is 0 Å². The first-order chi connectivity index (χ1) is 8.72. The highest BCUT2D eigenvalue weighted by Gasteiger charge is 2.06. The molecule has 18 heavy (non-hydrogen) atoms. The van der Waals surface area contributed by atoms with Crippen molar-refractivity contribution in [2.75, 3.05) is 11.9 Å². The van der Waals surface area contributed by atoms with E-state index >= 15 is 0 Å². The number of carbonyl (C=O) groups excluding carboxylic acids is 1. The van der Waals surface area contributed by atoms with Crippen LogP contribution < -0.4 is 11.1 Å². The van der Waals surface area contributed by atoms with E-state index in [0.29, 0.717) is 11.4 Å². The zero-order chi connectivity index (χ0) is 13.0. The third-order valence-electron chi connectivity index (χ3n) is 2.33. The van der Waals surface area contributed by atoms with Crippen LogP contribution in [0.3, 0.4) is 0 Å². The summed E-state index contributed by atoms with van der Waals surface area (Å²) in [5.74, 6) is 0.0987. The van der Waals surface area contributed by atoms with Gasteiger partial charge in [0.25, 0.3) is 0 Å². The van der Waals surface area contributed by atoms with Crippen LogP contribution in [0.25, 0.3) is 11.3 Å². The molecule has 0 saturated heterocycles. The van der Waals surface area contributed by atoms with Crippen molar-refractivity contribution >= 4 is 11.7 Å². The molecule has 0 aliphatic rings. The van der Waals surface area contributed by atoms with E-state index in [1.807, 2.05) is 6.07 Å². The minimum atomic E-state index is -0.307. The number of nitriles is 1. The quantitative estimate of drug-likeness (QED) is 0.740. The number of nitrogens with one attached hydrogen (secondary N) is 2. The molecule has 1 heterocycles. The number of amides is 1. The number of benzene rings is 1. The Labute approximate surface area is 103 Å². The van der Waals surface area contributed by atoms with Crippen molar-refractivity contribution in [1.29, 1.82) is 5.26 Å². The predicted octanol–water partition coefficient (Wildman–Crippen LogP) is 0.846. The summed E-state index contributed by atoms with van der Waals surface area (Å²) in [7, 11) is 0. The fourth-order valence-corrected chi connectivity index (χ4v) is 1.48. The number of nitrogens with zero attached hydrogens (tertiary/aromatic N) is 2. The topological polar surface area (TPSA) is 108 Å². The second-order valence-electron chi connectivity index (χ2n) is 3.61. The molecule has 0 unspecified atom stereocenters. The Kier molecular flexibility index (Phi) is 3.36. The van der Waals surface area contributed by atoms with Gasteiger partial charge in [-0.25, -0.2) is 0 Å². The third-order valence-corrected chi connectivity index (χ3v) is 2.33. The van der Waals surface area contributed by atoms with Crippen LogP contribution in [0.2, 0.25) is 0 Å². The third kappa shape index (κ3) is 2.53. The number of aromatic amines is 1. The van der Waals surface area contributed by atoms with Crippen LogP contribution in [-0.4, -0.2) is 22.6 Å². The average molecular weight is 241 g/mol. The number of H-pyrrole nitrogens is 1. The Hall–Kier alpha value is -2.65. The van der Waals surface area contributed by atoms with Gasteiger partial charge in [0.1, 0.15) is 0 Å². The zero-order valence-electron chi connectivity index (χ0n) is 9.47. The van der Waals surface area contributed by atoms with E-state index in [4.69, 9.17) is 11.0 Å². The minimum Gasteiger partial charge on any atom is -0.322 e. The van der Waals surface area contributed by atoms with Gasteiger partial charge in [-0.15, -0.1) is 0 Å². The average Bonchev–Trinajstić information content (AvgIpc) is 2.87. The number of carbonyl (C=O) groups is 1. The van der Waals surface area contributed by atoms with Crippen LogP contribution in [0.4, 0.5) is 5.82 Å². The van der Waals surface area contributed by atoms with Crippen molar-refractivity contribution in [3.8, 4) is 17.3 Å². The van der Waals surface area contributed by atoms with Gasteiger partial charge < -0.3 is 11.1 Å². The maximum absolute atomic E-state index is 11.1. The molecule has 1 amide bonds. The molecule has 0 saturated carbocycles. The molecule has 0 aliphatic heterocycles. The summed E-state index contributed by atoms with van der Waals surface area (Å²) < 4.78 is 0. The zero-order valence-corrected chi connectivity index (χ0v) is 9.47. The molecule has 0 aliphatic carbocycles. The Balaban J connectivity index is 2.24. The molecule has 6 nitrogen and oxygen atoms in total. The second-order valence-corrected chi connectivity index (χ2v) is 3.61. The molecule has 0 radical (unpaired) electrons. The first-order valence-electron chi connectivity index (χ1n) is 5.29. The Bertz CT molecular complexity index is 611. The van der Waals surface area contributed by atoms with E-state index in [0.717, 1.165) is 11.3 Å². The Morgan fingerprint density at radius 3 is 3.06 bits per heavy atom. The summed E-state index contributed by atoms with van der Waals surface area (Å²) in [6.45, 7) is -0.0912. The smallest absolute Gasteiger partial charge is 0.239 e. The summed E-state index contributed by atoms with van der Waals surface area (Å²) in [5.41, 5.74) is 7.30. The maximum Gasteiger partial charge on any atom is 0.239 e. The molecule has 4 N–H and O–H groups in total. The van der Waals surface area contributed by atoms with E-state index < -0.39 is 0 Å². The van der Waals surface area contributed by atoms with Gasteiger partial charge >= 0.3 is 0 Å². The molecule has 1 aromatic carbocycles. The van der Waals surface area contributed by atoms with Crippen LogP contribution >= 0.6 is 0 Å². The largest absolute Gasteiger partial charge is 0.322 e. The van der Waals surface area contributed by atoms with Crippen LogP contribution in [0.15, 0.2) is 30.3 Å². The Morgan fingerprint density at radius 1 is 1.50 bits per heavy atom. The van der Waals surface area contributed by atoms with Crippen molar-refractivity contribution in [2.45, 2.75) is 0 Å². The number of aromatic nitrogens is 2. The lowest BCUT2D eigenvalue weighted by Gasteiger charge is -1.97. The molecule has 0 bridgehead atoms. The lowest BCUT2D eigenvalue weighted by molar-refractivity contribution is -0.114. The monoisotopic (exact) mass is 241 g/mol. The van der Waals surface area contributed by atoms with Gasteiger partial charge in [0, 0.05) is 11.6 Å². The summed E-state index contributed by atoms with van der Waals surface area (Å²) in [6, 6.07) is 10.8. The summed E-state index contributed by atoms with van der Waals surface area (Å²) in [4.78, 5) is 11.1. The van der Waals surface area contributed by atoms with E-state index in [2.05, 4.69) is 21.6 Å². The van der Waals surface area contributed by atoms with E-state index in [1.165, 1.54) is 0 Å². The molecule has 6 heteroatoms. The molecule has 1 aromatic heterocycles. The van der Waals surface area contributed by atoms with Crippen molar-refractivity contribution < 1.29 is 4.79 Å². The summed E-state index contributed by atoms with van der Waals surface area (Å²) >= 11 is 0. The highest BCUT2D eigenvalue weighted by molar-refractivity contribution is 5.91. The van der Waals surface area contributed by atoms with E-state index in [-0.39, 0.29) is 12.5 Å². The lowest BCUT2D eigenvalue weighted by atomic mass is 10.1. The first-order valence-corrected chi connectivity index (χ1v) is 5.29. The highest BCUT2D eigenvalue weighted by Crippen LogP contribution is 2.20.